The van der Waals surface area contributed by atoms with Crippen LogP contribution < -0.4 is 10.1 Å². The van der Waals surface area contributed by atoms with E-state index < -0.39 is 0 Å². The number of benzene rings is 1. The van der Waals surface area contributed by atoms with Crippen molar-refractivity contribution in [2.24, 2.45) is 0 Å². The second-order valence-corrected chi connectivity index (χ2v) is 7.30. The zero-order chi connectivity index (χ0) is 14.9. The molecule has 1 atom stereocenters. The first-order chi connectivity index (χ1) is 10.1. The maximum atomic E-state index is 5.99. The summed E-state index contributed by atoms with van der Waals surface area (Å²) in [6, 6.07) is 7.34. The lowest BCUT2D eigenvalue weighted by Crippen LogP contribution is -2.45. The van der Waals surface area contributed by atoms with Gasteiger partial charge in [0.1, 0.15) is 5.75 Å². The lowest BCUT2D eigenvalue weighted by Gasteiger charge is -2.35. The molecular formula is C18H28N2O. The predicted octanol–water partition coefficient (Wildman–Crippen LogP) is 3.10. The van der Waals surface area contributed by atoms with E-state index in [0.717, 1.165) is 45.0 Å². The molecule has 1 fully saturated rings. The Morgan fingerprint density at radius 1 is 1.19 bits per heavy atom. The molecule has 1 unspecified atom stereocenters. The van der Waals surface area contributed by atoms with E-state index in [9.17, 15) is 0 Å². The number of hydrogen-bond donors (Lipinski definition) is 1. The Hall–Kier alpha value is -1.06. The van der Waals surface area contributed by atoms with Crippen LogP contribution in [-0.4, -0.2) is 37.7 Å². The average molecular weight is 288 g/mol. The van der Waals surface area contributed by atoms with Crippen molar-refractivity contribution < 1.29 is 4.74 Å². The van der Waals surface area contributed by atoms with Crippen molar-refractivity contribution in [1.29, 1.82) is 0 Å². The molecule has 1 saturated heterocycles. The summed E-state index contributed by atoms with van der Waals surface area (Å²) in [5, 5.41) is 3.46. The third-order valence-corrected chi connectivity index (χ3v) is 4.71. The minimum atomic E-state index is 0.190. The lowest BCUT2D eigenvalue weighted by molar-refractivity contribution is 0.165. The number of piperazine rings is 1. The smallest absolute Gasteiger partial charge is 0.124 e. The molecule has 2 aliphatic heterocycles. The highest BCUT2D eigenvalue weighted by Crippen LogP contribution is 2.38. The Morgan fingerprint density at radius 3 is 2.67 bits per heavy atom. The molecule has 0 radical (unpaired) electrons. The number of fused-ring (bicyclic) bond motifs is 1. The standard InChI is InChI=1S/C18H28N2O/c1-18(2,3)14-6-7-17-15(13-14)16(5-4-12-21-17)20-10-8-19-9-11-20/h6-7,13,16,19H,4-5,8-12H2,1-3H3. The Kier molecular flexibility index (Phi) is 4.23. The minimum Gasteiger partial charge on any atom is -0.493 e. The van der Waals surface area contributed by atoms with Gasteiger partial charge in [-0.15, -0.1) is 0 Å². The van der Waals surface area contributed by atoms with E-state index in [2.05, 4.69) is 49.2 Å². The van der Waals surface area contributed by atoms with E-state index in [1.165, 1.54) is 17.5 Å². The third-order valence-electron chi connectivity index (χ3n) is 4.71. The highest BCUT2D eigenvalue weighted by molar-refractivity contribution is 5.42. The van der Waals surface area contributed by atoms with Crippen molar-refractivity contribution in [2.75, 3.05) is 32.8 Å². The first kappa shape index (κ1) is 14.9. The summed E-state index contributed by atoms with van der Waals surface area (Å²) in [7, 11) is 0. The van der Waals surface area contributed by atoms with Crippen LogP contribution in [0.2, 0.25) is 0 Å². The second kappa shape index (κ2) is 5.98. The number of nitrogens with zero attached hydrogens (tertiary/aromatic N) is 1. The van der Waals surface area contributed by atoms with E-state index in [0.29, 0.717) is 6.04 Å². The van der Waals surface area contributed by atoms with Crippen molar-refractivity contribution in [3.63, 3.8) is 0 Å². The zero-order valence-electron chi connectivity index (χ0n) is 13.6. The third kappa shape index (κ3) is 3.24. The summed E-state index contributed by atoms with van der Waals surface area (Å²) >= 11 is 0. The fourth-order valence-electron chi connectivity index (χ4n) is 3.39. The van der Waals surface area contributed by atoms with Gasteiger partial charge in [-0.05, 0) is 36.0 Å². The summed E-state index contributed by atoms with van der Waals surface area (Å²) in [5.41, 5.74) is 3.00. The van der Waals surface area contributed by atoms with E-state index >= 15 is 0 Å². The van der Waals surface area contributed by atoms with Gasteiger partial charge >= 0.3 is 0 Å². The van der Waals surface area contributed by atoms with Gasteiger partial charge in [-0.3, -0.25) is 4.90 Å². The van der Waals surface area contributed by atoms with Gasteiger partial charge in [-0.25, -0.2) is 0 Å². The molecule has 0 bridgehead atoms. The molecule has 1 aromatic rings. The van der Waals surface area contributed by atoms with Gasteiger partial charge < -0.3 is 10.1 Å². The largest absolute Gasteiger partial charge is 0.493 e. The van der Waals surface area contributed by atoms with Crippen molar-refractivity contribution in [1.82, 2.24) is 10.2 Å². The SMILES string of the molecule is CC(C)(C)c1ccc2c(c1)C(N1CCNCC1)CCCO2. The molecule has 3 nitrogen and oxygen atoms in total. The van der Waals surface area contributed by atoms with Crippen LogP contribution >= 0.6 is 0 Å². The number of ether oxygens (including phenoxy) is 1. The zero-order valence-corrected chi connectivity index (χ0v) is 13.6. The second-order valence-electron chi connectivity index (χ2n) is 7.30. The van der Waals surface area contributed by atoms with E-state index in [1.54, 1.807) is 0 Å². The van der Waals surface area contributed by atoms with Gasteiger partial charge in [0.25, 0.3) is 0 Å². The van der Waals surface area contributed by atoms with Gasteiger partial charge in [0.05, 0.1) is 6.61 Å². The quantitative estimate of drug-likeness (QED) is 0.859. The number of hydrogen-bond acceptors (Lipinski definition) is 3. The molecular weight excluding hydrogens is 260 g/mol. The van der Waals surface area contributed by atoms with Crippen LogP contribution in [0, 0.1) is 0 Å². The average Bonchev–Trinajstić information content (AvgIpc) is 2.69. The van der Waals surface area contributed by atoms with Crippen LogP contribution in [0.25, 0.3) is 0 Å². The van der Waals surface area contributed by atoms with Gasteiger partial charge in [-0.1, -0.05) is 26.8 Å². The Morgan fingerprint density at radius 2 is 1.95 bits per heavy atom. The van der Waals surface area contributed by atoms with Gasteiger partial charge in [0.2, 0.25) is 0 Å². The Balaban J connectivity index is 1.96. The molecule has 3 heteroatoms. The van der Waals surface area contributed by atoms with Crippen LogP contribution in [0.4, 0.5) is 0 Å². The van der Waals surface area contributed by atoms with Crippen molar-refractivity contribution in [3.05, 3.63) is 29.3 Å². The molecule has 0 spiro atoms. The summed E-state index contributed by atoms with van der Waals surface area (Å²) in [5.74, 6) is 1.10. The van der Waals surface area contributed by atoms with Crippen LogP contribution in [0.3, 0.4) is 0 Å². The van der Waals surface area contributed by atoms with Gasteiger partial charge in [0.15, 0.2) is 0 Å². The van der Waals surface area contributed by atoms with Crippen LogP contribution in [0.15, 0.2) is 18.2 Å². The summed E-state index contributed by atoms with van der Waals surface area (Å²) < 4.78 is 5.99. The molecule has 0 aliphatic carbocycles. The number of rotatable bonds is 1. The maximum absolute atomic E-state index is 5.99. The van der Waals surface area contributed by atoms with Crippen molar-refractivity contribution >= 4 is 0 Å². The molecule has 2 aliphatic rings. The van der Waals surface area contributed by atoms with Crippen molar-refractivity contribution in [3.8, 4) is 5.75 Å². The first-order valence-electron chi connectivity index (χ1n) is 8.28. The fourth-order valence-corrected chi connectivity index (χ4v) is 3.39. The monoisotopic (exact) mass is 288 g/mol. The predicted molar refractivity (Wildman–Crippen MR) is 87.1 cm³/mol. The van der Waals surface area contributed by atoms with Crippen LogP contribution in [0.5, 0.6) is 5.75 Å². The molecule has 1 N–H and O–H groups in total. The molecule has 3 rings (SSSR count). The summed E-state index contributed by atoms with van der Waals surface area (Å²) in [6.07, 6.45) is 2.36. The van der Waals surface area contributed by atoms with E-state index in [1.807, 2.05) is 0 Å². The Bertz CT molecular complexity index is 486. The summed E-state index contributed by atoms with van der Waals surface area (Å²) in [6.45, 7) is 12.2. The molecule has 0 amide bonds. The summed E-state index contributed by atoms with van der Waals surface area (Å²) in [4.78, 5) is 2.64. The molecule has 1 aromatic carbocycles. The van der Waals surface area contributed by atoms with Crippen LogP contribution in [-0.2, 0) is 5.41 Å². The van der Waals surface area contributed by atoms with E-state index in [4.69, 9.17) is 4.74 Å². The highest BCUT2D eigenvalue weighted by atomic mass is 16.5. The van der Waals surface area contributed by atoms with E-state index in [-0.39, 0.29) is 5.41 Å². The Labute approximate surface area is 128 Å². The molecule has 2 heterocycles. The minimum absolute atomic E-state index is 0.190. The van der Waals surface area contributed by atoms with Crippen LogP contribution in [0.1, 0.15) is 50.8 Å². The molecule has 116 valence electrons. The highest BCUT2D eigenvalue weighted by Gasteiger charge is 2.28. The molecule has 0 saturated carbocycles. The van der Waals surface area contributed by atoms with Gasteiger partial charge in [-0.2, -0.15) is 0 Å². The van der Waals surface area contributed by atoms with Crippen molar-refractivity contribution in [2.45, 2.75) is 45.1 Å². The fraction of sp³-hybridized carbons (Fsp3) is 0.667. The lowest BCUT2D eigenvalue weighted by atomic mass is 9.84. The normalized spacial score (nSPS) is 24.0. The maximum Gasteiger partial charge on any atom is 0.124 e. The number of nitrogens with one attached hydrogen (secondary N) is 1. The first-order valence-corrected chi connectivity index (χ1v) is 8.28. The van der Waals surface area contributed by atoms with Gasteiger partial charge in [0, 0.05) is 37.8 Å². The molecule has 0 aromatic heterocycles. The topological polar surface area (TPSA) is 24.5 Å². The molecule has 21 heavy (non-hydrogen) atoms.